The highest BCUT2D eigenvalue weighted by atomic mass is 16.3. The van der Waals surface area contributed by atoms with Crippen LogP contribution in [-0.2, 0) is 0 Å². The molecule has 0 radical (unpaired) electrons. The molecule has 0 aliphatic rings. The van der Waals surface area contributed by atoms with Crippen LogP contribution in [0, 0.1) is 0 Å². The zero-order valence-electron chi connectivity index (χ0n) is 12.0. The van der Waals surface area contributed by atoms with Crippen molar-refractivity contribution in [2.45, 2.75) is 0 Å². The largest absolute Gasteiger partial charge is 0.508 e. The van der Waals surface area contributed by atoms with Crippen molar-refractivity contribution in [3.05, 3.63) is 60.3 Å². The Bertz CT molecular complexity index is 837. The number of nitrogens with one attached hydrogen (secondary N) is 1. The van der Waals surface area contributed by atoms with Crippen LogP contribution in [0.15, 0.2) is 59.8 Å². The molecule has 0 atom stereocenters. The van der Waals surface area contributed by atoms with Crippen molar-refractivity contribution in [1.29, 1.82) is 0 Å². The molecule has 3 rings (SSSR count). The molecule has 0 spiro atoms. The lowest BCUT2D eigenvalue weighted by Gasteiger charge is -2.02. The second-order valence-electron chi connectivity index (χ2n) is 4.64. The molecule has 0 aliphatic carbocycles. The third kappa shape index (κ3) is 3.59. The normalized spacial score (nSPS) is 10.8. The van der Waals surface area contributed by atoms with Gasteiger partial charge in [-0.25, -0.2) is 10.4 Å². The summed E-state index contributed by atoms with van der Waals surface area (Å²) in [5.41, 5.74) is 4.70. The van der Waals surface area contributed by atoms with Crippen molar-refractivity contribution in [3.63, 3.8) is 0 Å². The summed E-state index contributed by atoms with van der Waals surface area (Å²) in [4.78, 5) is 4.31. The van der Waals surface area contributed by atoms with Crippen molar-refractivity contribution in [2.75, 3.05) is 5.43 Å². The molecule has 3 N–H and O–H groups in total. The van der Waals surface area contributed by atoms with E-state index in [1.807, 2.05) is 30.3 Å². The highest BCUT2D eigenvalue weighted by Crippen LogP contribution is 2.21. The van der Waals surface area contributed by atoms with Crippen molar-refractivity contribution in [1.82, 2.24) is 15.2 Å². The number of nitrogens with zero attached hydrogens (tertiary/aromatic N) is 4. The minimum absolute atomic E-state index is 0.0179. The van der Waals surface area contributed by atoms with Gasteiger partial charge in [-0.3, -0.25) is 0 Å². The van der Waals surface area contributed by atoms with Crippen LogP contribution in [0.25, 0.3) is 11.3 Å². The van der Waals surface area contributed by atoms with Crippen molar-refractivity contribution < 1.29 is 10.2 Å². The third-order valence-electron chi connectivity index (χ3n) is 3.01. The molecule has 7 nitrogen and oxygen atoms in total. The average molecular weight is 307 g/mol. The minimum atomic E-state index is -0.0763. The Morgan fingerprint density at radius 1 is 1.04 bits per heavy atom. The zero-order chi connectivity index (χ0) is 16.1. The van der Waals surface area contributed by atoms with E-state index in [-0.39, 0.29) is 17.4 Å². The standard InChI is InChI=1S/C16H13N5O2/c22-13-7-6-12(15(23)8-13)9-17-20-16-19-14(10-18-21-16)11-4-2-1-3-5-11/h1-10,22-23H,(H,19,20,21)/b17-9-. The Morgan fingerprint density at radius 3 is 2.65 bits per heavy atom. The molecule has 0 saturated carbocycles. The van der Waals surface area contributed by atoms with E-state index >= 15 is 0 Å². The molecular weight excluding hydrogens is 294 g/mol. The van der Waals surface area contributed by atoms with E-state index < -0.39 is 0 Å². The fourth-order valence-electron chi connectivity index (χ4n) is 1.90. The molecule has 0 fully saturated rings. The SMILES string of the molecule is Oc1ccc(/C=N\Nc2nncc(-c3ccccc3)n2)c(O)c1. The van der Waals surface area contributed by atoms with Gasteiger partial charge < -0.3 is 10.2 Å². The number of phenols is 2. The van der Waals surface area contributed by atoms with Gasteiger partial charge in [-0.15, -0.1) is 5.10 Å². The summed E-state index contributed by atoms with van der Waals surface area (Å²) in [5, 5.41) is 30.6. The maximum Gasteiger partial charge on any atom is 0.263 e. The number of aromatic hydroxyl groups is 2. The maximum atomic E-state index is 9.66. The number of anilines is 1. The van der Waals surface area contributed by atoms with E-state index in [9.17, 15) is 10.2 Å². The van der Waals surface area contributed by atoms with Gasteiger partial charge in [0.05, 0.1) is 18.1 Å². The van der Waals surface area contributed by atoms with Crippen LogP contribution in [-0.4, -0.2) is 31.6 Å². The fourth-order valence-corrected chi connectivity index (χ4v) is 1.90. The molecule has 3 aromatic rings. The van der Waals surface area contributed by atoms with E-state index in [1.165, 1.54) is 24.4 Å². The Hall–Kier alpha value is -3.48. The number of benzene rings is 2. The number of hydrazone groups is 1. The summed E-state index contributed by atoms with van der Waals surface area (Å²) in [6, 6.07) is 13.8. The van der Waals surface area contributed by atoms with Gasteiger partial charge in [0.25, 0.3) is 5.95 Å². The maximum absolute atomic E-state index is 9.66. The van der Waals surface area contributed by atoms with E-state index in [0.29, 0.717) is 11.3 Å². The predicted molar refractivity (Wildman–Crippen MR) is 86.3 cm³/mol. The molecule has 1 aromatic heterocycles. The van der Waals surface area contributed by atoms with Gasteiger partial charge in [0.15, 0.2) is 0 Å². The van der Waals surface area contributed by atoms with E-state index in [4.69, 9.17) is 0 Å². The molecule has 2 aromatic carbocycles. The lowest BCUT2D eigenvalue weighted by Crippen LogP contribution is -2.00. The molecule has 7 heteroatoms. The van der Waals surface area contributed by atoms with Gasteiger partial charge in [0.2, 0.25) is 0 Å². The van der Waals surface area contributed by atoms with Gasteiger partial charge in [-0.05, 0) is 12.1 Å². The number of rotatable bonds is 4. The highest BCUT2D eigenvalue weighted by Gasteiger charge is 2.02. The lowest BCUT2D eigenvalue weighted by atomic mass is 10.2. The first-order chi connectivity index (χ1) is 11.2. The molecule has 0 unspecified atom stereocenters. The Morgan fingerprint density at radius 2 is 1.87 bits per heavy atom. The number of hydrogen-bond donors (Lipinski definition) is 3. The topological polar surface area (TPSA) is 104 Å². The van der Waals surface area contributed by atoms with E-state index in [2.05, 4.69) is 25.7 Å². The van der Waals surface area contributed by atoms with Crippen LogP contribution in [0.1, 0.15) is 5.56 Å². The first-order valence-electron chi connectivity index (χ1n) is 6.78. The van der Waals surface area contributed by atoms with Crippen LogP contribution in [0.2, 0.25) is 0 Å². The predicted octanol–water partition coefficient (Wildman–Crippen LogP) is 2.40. The highest BCUT2D eigenvalue weighted by molar-refractivity contribution is 5.84. The minimum Gasteiger partial charge on any atom is -0.508 e. The van der Waals surface area contributed by atoms with Crippen LogP contribution in [0.4, 0.5) is 5.95 Å². The van der Waals surface area contributed by atoms with Gasteiger partial charge in [0, 0.05) is 17.2 Å². The summed E-state index contributed by atoms with van der Waals surface area (Å²) in [6.45, 7) is 0. The molecule has 114 valence electrons. The van der Waals surface area contributed by atoms with Gasteiger partial charge >= 0.3 is 0 Å². The Kier molecular flexibility index (Phi) is 4.10. The first kappa shape index (κ1) is 14.5. The summed E-state index contributed by atoms with van der Waals surface area (Å²) in [5.74, 6) is 0.143. The second-order valence-corrected chi connectivity index (χ2v) is 4.64. The summed E-state index contributed by atoms with van der Waals surface area (Å²) in [6.07, 6.45) is 2.96. The van der Waals surface area contributed by atoms with Crippen molar-refractivity contribution >= 4 is 12.2 Å². The molecule has 0 bridgehead atoms. The Balaban J connectivity index is 1.75. The summed E-state index contributed by atoms with van der Waals surface area (Å²) >= 11 is 0. The average Bonchev–Trinajstić information content (AvgIpc) is 2.58. The van der Waals surface area contributed by atoms with Crippen LogP contribution >= 0.6 is 0 Å². The Labute approximate surface area is 132 Å². The smallest absolute Gasteiger partial charge is 0.263 e. The fraction of sp³-hybridized carbons (Fsp3) is 0. The molecular formula is C16H13N5O2. The quantitative estimate of drug-likeness (QED) is 0.505. The summed E-state index contributed by atoms with van der Waals surface area (Å²) in [7, 11) is 0. The number of aromatic nitrogens is 3. The number of phenolic OH excluding ortho intramolecular Hbond substituents is 2. The van der Waals surface area contributed by atoms with Crippen LogP contribution < -0.4 is 5.43 Å². The van der Waals surface area contributed by atoms with Crippen molar-refractivity contribution in [2.24, 2.45) is 5.10 Å². The third-order valence-corrected chi connectivity index (χ3v) is 3.01. The van der Waals surface area contributed by atoms with E-state index in [1.54, 1.807) is 6.20 Å². The van der Waals surface area contributed by atoms with Gasteiger partial charge in [0.1, 0.15) is 11.5 Å². The van der Waals surface area contributed by atoms with E-state index in [0.717, 1.165) is 5.56 Å². The monoisotopic (exact) mass is 307 g/mol. The second kappa shape index (κ2) is 6.52. The molecule has 23 heavy (non-hydrogen) atoms. The van der Waals surface area contributed by atoms with Crippen molar-refractivity contribution in [3.8, 4) is 22.8 Å². The number of hydrogen-bond acceptors (Lipinski definition) is 7. The molecule has 1 heterocycles. The lowest BCUT2D eigenvalue weighted by molar-refractivity contribution is 0.450. The van der Waals surface area contributed by atoms with Crippen LogP contribution in [0.3, 0.4) is 0 Å². The van der Waals surface area contributed by atoms with Crippen LogP contribution in [0.5, 0.6) is 11.5 Å². The molecule has 0 amide bonds. The molecule has 0 saturated heterocycles. The molecule has 0 aliphatic heterocycles. The van der Waals surface area contributed by atoms with Gasteiger partial charge in [-0.2, -0.15) is 10.2 Å². The summed E-state index contributed by atoms with van der Waals surface area (Å²) < 4.78 is 0. The first-order valence-corrected chi connectivity index (χ1v) is 6.78. The van der Waals surface area contributed by atoms with Gasteiger partial charge in [-0.1, -0.05) is 30.3 Å². The zero-order valence-corrected chi connectivity index (χ0v) is 12.0.